The maximum Gasteiger partial charge on any atom is 0.0371 e. The van der Waals surface area contributed by atoms with E-state index in [1.807, 2.05) is 0 Å². The van der Waals surface area contributed by atoms with Crippen LogP contribution in [0, 0.1) is 0 Å². The Bertz CT molecular complexity index is 396. The predicted molar refractivity (Wildman–Crippen MR) is 72.8 cm³/mol. The van der Waals surface area contributed by atoms with E-state index >= 15 is 0 Å². The molecule has 0 aromatic heterocycles. The van der Waals surface area contributed by atoms with Crippen molar-refractivity contribution >= 4 is 0 Å². The maximum atomic E-state index is 6.41. The molecule has 1 aliphatic heterocycles. The molecule has 1 saturated heterocycles. The Hall–Kier alpha value is -1.28. The molecule has 0 radical (unpaired) electrons. The molecule has 92 valence electrons. The first-order valence-electron chi connectivity index (χ1n) is 6.36. The van der Waals surface area contributed by atoms with Crippen molar-refractivity contribution in [2.24, 2.45) is 5.73 Å². The second-order valence-electron chi connectivity index (χ2n) is 5.11. The van der Waals surface area contributed by atoms with Crippen LogP contribution in [0.3, 0.4) is 0 Å². The maximum absolute atomic E-state index is 6.41. The second-order valence-corrected chi connectivity index (χ2v) is 5.11. The van der Waals surface area contributed by atoms with Gasteiger partial charge >= 0.3 is 0 Å². The van der Waals surface area contributed by atoms with Crippen LogP contribution in [-0.4, -0.2) is 13.1 Å². The lowest BCUT2D eigenvalue weighted by Gasteiger charge is -2.39. The summed E-state index contributed by atoms with van der Waals surface area (Å²) in [5.41, 5.74) is 10.1. The van der Waals surface area contributed by atoms with Gasteiger partial charge in [0.05, 0.1) is 0 Å². The van der Waals surface area contributed by atoms with Gasteiger partial charge in [-0.3, -0.25) is 0 Å². The van der Waals surface area contributed by atoms with Crippen LogP contribution in [0.4, 0.5) is 0 Å². The largest absolute Gasteiger partial charge is 0.401 e. The van der Waals surface area contributed by atoms with E-state index in [-0.39, 0.29) is 5.41 Å². The molecule has 1 heterocycles. The van der Waals surface area contributed by atoms with E-state index in [1.165, 1.54) is 11.1 Å². The van der Waals surface area contributed by atoms with Crippen LogP contribution >= 0.6 is 0 Å². The van der Waals surface area contributed by atoms with E-state index < -0.39 is 0 Å². The summed E-state index contributed by atoms with van der Waals surface area (Å²) in [5.74, 6) is 0. The number of benzene rings is 1. The third-order valence-corrected chi connectivity index (χ3v) is 3.84. The van der Waals surface area contributed by atoms with Gasteiger partial charge in [0.25, 0.3) is 0 Å². The predicted octanol–water partition coefficient (Wildman–Crippen LogP) is 2.56. The molecular formula is C15H22N2. The van der Waals surface area contributed by atoms with Gasteiger partial charge in [-0.05, 0) is 45.3 Å². The minimum atomic E-state index is 0.0470. The molecule has 1 fully saturated rings. The SMILES string of the molecule is CC(C)=C(N)C1(c2ccccc2)CCNCC1. The van der Waals surface area contributed by atoms with Gasteiger partial charge in [-0.15, -0.1) is 0 Å². The molecular weight excluding hydrogens is 208 g/mol. The number of nitrogens with two attached hydrogens (primary N) is 1. The molecule has 2 nitrogen and oxygen atoms in total. The molecule has 2 rings (SSSR count). The molecule has 17 heavy (non-hydrogen) atoms. The lowest BCUT2D eigenvalue weighted by atomic mass is 9.70. The van der Waals surface area contributed by atoms with Crippen molar-refractivity contribution in [2.75, 3.05) is 13.1 Å². The number of rotatable bonds is 2. The third-order valence-electron chi connectivity index (χ3n) is 3.84. The van der Waals surface area contributed by atoms with Crippen molar-refractivity contribution in [3.8, 4) is 0 Å². The highest BCUT2D eigenvalue weighted by molar-refractivity contribution is 5.37. The zero-order chi connectivity index (χ0) is 12.3. The van der Waals surface area contributed by atoms with Gasteiger partial charge in [-0.1, -0.05) is 35.9 Å². The molecule has 2 heteroatoms. The fourth-order valence-electron chi connectivity index (χ4n) is 2.80. The van der Waals surface area contributed by atoms with Crippen LogP contribution in [0.25, 0.3) is 0 Å². The molecule has 3 N–H and O–H groups in total. The highest BCUT2D eigenvalue weighted by Crippen LogP contribution is 2.39. The first kappa shape index (κ1) is 12.2. The molecule has 0 aliphatic carbocycles. The number of hydrogen-bond acceptors (Lipinski definition) is 2. The lowest BCUT2D eigenvalue weighted by Crippen LogP contribution is -2.43. The van der Waals surface area contributed by atoms with E-state index in [0.717, 1.165) is 31.6 Å². The third kappa shape index (κ3) is 2.22. The summed E-state index contributed by atoms with van der Waals surface area (Å²) in [6.07, 6.45) is 2.18. The summed E-state index contributed by atoms with van der Waals surface area (Å²) in [4.78, 5) is 0. The average molecular weight is 230 g/mol. The quantitative estimate of drug-likeness (QED) is 0.819. The molecule has 0 saturated carbocycles. The van der Waals surface area contributed by atoms with E-state index in [0.29, 0.717) is 0 Å². The van der Waals surface area contributed by atoms with Gasteiger partial charge in [0.15, 0.2) is 0 Å². The summed E-state index contributed by atoms with van der Waals surface area (Å²) in [7, 11) is 0. The highest BCUT2D eigenvalue weighted by Gasteiger charge is 2.36. The summed E-state index contributed by atoms with van der Waals surface area (Å²) in [6, 6.07) is 10.7. The molecule has 0 spiro atoms. The van der Waals surface area contributed by atoms with Crippen molar-refractivity contribution < 1.29 is 0 Å². The number of piperidine rings is 1. The first-order valence-corrected chi connectivity index (χ1v) is 6.36. The van der Waals surface area contributed by atoms with Gasteiger partial charge < -0.3 is 11.1 Å². The Morgan fingerprint density at radius 3 is 2.24 bits per heavy atom. The van der Waals surface area contributed by atoms with Gasteiger partial charge in [-0.25, -0.2) is 0 Å². The lowest BCUT2D eigenvalue weighted by molar-refractivity contribution is 0.350. The Balaban J connectivity index is 2.48. The molecule has 0 unspecified atom stereocenters. The molecule has 0 bridgehead atoms. The molecule has 1 aromatic carbocycles. The average Bonchev–Trinajstić information content (AvgIpc) is 2.39. The van der Waals surface area contributed by atoms with Gasteiger partial charge in [0.1, 0.15) is 0 Å². The van der Waals surface area contributed by atoms with Gasteiger partial charge in [0, 0.05) is 11.1 Å². The summed E-state index contributed by atoms with van der Waals surface area (Å²) in [5, 5.41) is 3.42. The second kappa shape index (κ2) is 4.92. The Morgan fingerprint density at radius 1 is 1.12 bits per heavy atom. The van der Waals surface area contributed by atoms with E-state index in [4.69, 9.17) is 5.73 Å². The smallest absolute Gasteiger partial charge is 0.0371 e. The van der Waals surface area contributed by atoms with Gasteiger partial charge in [0.2, 0.25) is 0 Å². The van der Waals surface area contributed by atoms with E-state index in [9.17, 15) is 0 Å². The minimum absolute atomic E-state index is 0.0470. The molecule has 0 amide bonds. The van der Waals surface area contributed by atoms with Crippen molar-refractivity contribution in [3.63, 3.8) is 0 Å². The van der Waals surface area contributed by atoms with Crippen LogP contribution in [0.2, 0.25) is 0 Å². The van der Waals surface area contributed by atoms with Crippen LogP contribution in [0.5, 0.6) is 0 Å². The normalized spacial score (nSPS) is 18.7. The summed E-state index contributed by atoms with van der Waals surface area (Å²) < 4.78 is 0. The zero-order valence-corrected chi connectivity index (χ0v) is 10.8. The van der Waals surface area contributed by atoms with Crippen molar-refractivity contribution in [2.45, 2.75) is 32.1 Å². The Kier molecular flexibility index (Phi) is 3.53. The number of nitrogens with one attached hydrogen (secondary N) is 1. The van der Waals surface area contributed by atoms with Crippen LogP contribution in [0.15, 0.2) is 41.6 Å². The van der Waals surface area contributed by atoms with E-state index in [2.05, 4.69) is 49.5 Å². The monoisotopic (exact) mass is 230 g/mol. The van der Waals surface area contributed by atoms with E-state index in [1.54, 1.807) is 0 Å². The number of hydrogen-bond donors (Lipinski definition) is 2. The van der Waals surface area contributed by atoms with Crippen molar-refractivity contribution in [3.05, 3.63) is 47.2 Å². The van der Waals surface area contributed by atoms with Crippen LogP contribution < -0.4 is 11.1 Å². The van der Waals surface area contributed by atoms with Crippen LogP contribution in [0.1, 0.15) is 32.3 Å². The van der Waals surface area contributed by atoms with Crippen molar-refractivity contribution in [1.82, 2.24) is 5.32 Å². The Morgan fingerprint density at radius 2 is 1.71 bits per heavy atom. The summed E-state index contributed by atoms with van der Waals surface area (Å²) in [6.45, 7) is 6.32. The standard InChI is InChI=1S/C15H22N2/c1-12(2)14(16)15(8-10-17-11-9-15)13-6-4-3-5-7-13/h3-7,17H,8-11,16H2,1-2H3. The molecule has 1 aliphatic rings. The zero-order valence-electron chi connectivity index (χ0n) is 10.8. The molecule has 1 aromatic rings. The summed E-state index contributed by atoms with van der Waals surface area (Å²) >= 11 is 0. The van der Waals surface area contributed by atoms with Crippen molar-refractivity contribution in [1.29, 1.82) is 0 Å². The van der Waals surface area contributed by atoms with Gasteiger partial charge in [-0.2, -0.15) is 0 Å². The minimum Gasteiger partial charge on any atom is -0.401 e. The number of allylic oxidation sites excluding steroid dienone is 2. The van der Waals surface area contributed by atoms with Crippen LogP contribution in [-0.2, 0) is 5.41 Å². The fourth-order valence-corrected chi connectivity index (χ4v) is 2.80. The highest BCUT2D eigenvalue weighted by atomic mass is 14.9. The topological polar surface area (TPSA) is 38.0 Å². The molecule has 0 atom stereocenters. The first-order chi connectivity index (χ1) is 8.17. The fraction of sp³-hybridized carbons (Fsp3) is 0.467. The Labute approximate surface area is 104 Å².